The van der Waals surface area contributed by atoms with Gasteiger partial charge in [0.1, 0.15) is 6.07 Å². The molecule has 0 heterocycles. The van der Waals surface area contributed by atoms with Crippen LogP contribution in [0, 0.1) is 11.3 Å². The molecule has 1 aromatic rings. The zero-order valence-corrected chi connectivity index (χ0v) is 8.74. The van der Waals surface area contributed by atoms with E-state index in [1.807, 2.05) is 0 Å². The fourth-order valence-corrected chi connectivity index (χ4v) is 1.19. The largest absolute Gasteiger partial charge is 0.465 e. The lowest BCUT2D eigenvalue weighted by molar-refractivity contribution is -0.0495. The first-order chi connectivity index (χ1) is 7.99. The standard InChI is InChI=1S/C10H8F2N2O3/c1-16-9(15)5-2-6(4-13)8(7(14)3-5)17-10(11)12/h2-3,10H,14H2,1H3. The second-order valence-electron chi connectivity index (χ2n) is 2.92. The molecule has 0 radical (unpaired) electrons. The molecule has 90 valence electrons. The third kappa shape index (κ3) is 2.81. The third-order valence-corrected chi connectivity index (χ3v) is 1.87. The number of carbonyl (C=O) groups is 1. The fraction of sp³-hybridized carbons (Fsp3) is 0.200. The number of nitrogens with zero attached hydrogens (tertiary/aromatic N) is 1. The van der Waals surface area contributed by atoms with Crippen LogP contribution in [0.3, 0.4) is 0 Å². The SMILES string of the molecule is COC(=O)c1cc(N)c(OC(F)F)c(C#N)c1. The van der Waals surface area contributed by atoms with Crippen molar-refractivity contribution in [2.75, 3.05) is 12.8 Å². The molecule has 0 aliphatic heterocycles. The number of hydrogen-bond donors (Lipinski definition) is 1. The molecule has 5 nitrogen and oxygen atoms in total. The van der Waals surface area contributed by atoms with E-state index in [9.17, 15) is 13.6 Å². The number of ether oxygens (including phenoxy) is 2. The van der Waals surface area contributed by atoms with Gasteiger partial charge in [-0.15, -0.1) is 0 Å². The summed E-state index contributed by atoms with van der Waals surface area (Å²) in [5.41, 5.74) is 4.92. The first-order valence-electron chi connectivity index (χ1n) is 4.36. The maximum atomic E-state index is 12.1. The van der Waals surface area contributed by atoms with Crippen molar-refractivity contribution in [2.24, 2.45) is 0 Å². The Balaban J connectivity index is 3.27. The monoisotopic (exact) mass is 242 g/mol. The van der Waals surface area contributed by atoms with E-state index in [1.54, 1.807) is 6.07 Å². The Bertz CT molecular complexity index is 483. The molecule has 17 heavy (non-hydrogen) atoms. The number of alkyl halides is 2. The molecular weight excluding hydrogens is 234 g/mol. The minimum absolute atomic E-state index is 0.0110. The molecule has 0 spiro atoms. The van der Waals surface area contributed by atoms with E-state index in [0.29, 0.717) is 0 Å². The van der Waals surface area contributed by atoms with Crippen LogP contribution in [0.5, 0.6) is 5.75 Å². The minimum atomic E-state index is -3.10. The Labute approximate surface area is 95.3 Å². The molecule has 0 saturated heterocycles. The third-order valence-electron chi connectivity index (χ3n) is 1.87. The summed E-state index contributed by atoms with van der Waals surface area (Å²) in [6, 6.07) is 3.79. The zero-order chi connectivity index (χ0) is 13.0. The van der Waals surface area contributed by atoms with Gasteiger partial charge in [-0.2, -0.15) is 14.0 Å². The molecule has 0 atom stereocenters. The molecule has 0 fully saturated rings. The van der Waals surface area contributed by atoms with Gasteiger partial charge in [-0.3, -0.25) is 0 Å². The topological polar surface area (TPSA) is 85.3 Å². The molecule has 0 aromatic heterocycles. The van der Waals surface area contributed by atoms with Crippen molar-refractivity contribution in [2.45, 2.75) is 6.61 Å². The highest BCUT2D eigenvalue weighted by Gasteiger charge is 2.17. The van der Waals surface area contributed by atoms with Crippen LogP contribution in [0.1, 0.15) is 15.9 Å². The van der Waals surface area contributed by atoms with Gasteiger partial charge >= 0.3 is 12.6 Å². The van der Waals surface area contributed by atoms with Crippen molar-refractivity contribution in [3.05, 3.63) is 23.3 Å². The first-order valence-corrected chi connectivity index (χ1v) is 4.36. The Hall–Kier alpha value is -2.36. The number of nitrogen functional groups attached to an aromatic ring is 1. The van der Waals surface area contributed by atoms with Crippen LogP contribution in [0.4, 0.5) is 14.5 Å². The average Bonchev–Trinajstić information content (AvgIpc) is 2.29. The number of halogens is 2. The molecule has 0 unspecified atom stereocenters. The number of nitriles is 1. The maximum Gasteiger partial charge on any atom is 0.387 e. The number of carbonyl (C=O) groups excluding carboxylic acids is 1. The number of esters is 1. The highest BCUT2D eigenvalue weighted by molar-refractivity contribution is 5.91. The van der Waals surface area contributed by atoms with Crippen molar-refractivity contribution >= 4 is 11.7 Å². The lowest BCUT2D eigenvalue weighted by atomic mass is 10.1. The summed E-state index contributed by atoms with van der Waals surface area (Å²) in [7, 11) is 1.15. The number of rotatable bonds is 3. The van der Waals surface area contributed by atoms with Gasteiger partial charge in [-0.1, -0.05) is 0 Å². The van der Waals surface area contributed by atoms with Crippen molar-refractivity contribution in [1.82, 2.24) is 0 Å². The number of hydrogen-bond acceptors (Lipinski definition) is 5. The summed E-state index contributed by atoms with van der Waals surface area (Å²) in [6.07, 6.45) is 0. The molecule has 2 N–H and O–H groups in total. The Morgan fingerprint density at radius 2 is 2.18 bits per heavy atom. The predicted molar refractivity (Wildman–Crippen MR) is 53.5 cm³/mol. The zero-order valence-electron chi connectivity index (χ0n) is 8.74. The van der Waals surface area contributed by atoms with Crippen LogP contribution >= 0.6 is 0 Å². The molecule has 0 bridgehead atoms. The summed E-state index contributed by atoms with van der Waals surface area (Å²) >= 11 is 0. The van der Waals surface area contributed by atoms with Gasteiger partial charge in [-0.05, 0) is 12.1 Å². The van der Waals surface area contributed by atoms with Gasteiger partial charge in [0.25, 0.3) is 0 Å². The summed E-state index contributed by atoms with van der Waals surface area (Å²) in [5.74, 6) is -1.17. The lowest BCUT2D eigenvalue weighted by Gasteiger charge is -2.10. The van der Waals surface area contributed by atoms with E-state index < -0.39 is 18.3 Å². The predicted octanol–water partition coefficient (Wildman–Crippen LogP) is 1.53. The summed E-state index contributed by atoms with van der Waals surface area (Å²) in [4.78, 5) is 11.2. The Kier molecular flexibility index (Phi) is 3.82. The van der Waals surface area contributed by atoms with Crippen molar-refractivity contribution in [1.29, 1.82) is 5.26 Å². The molecule has 0 saturated carbocycles. The van der Waals surface area contributed by atoms with Crippen LogP contribution in [0.15, 0.2) is 12.1 Å². The summed E-state index contributed by atoms with van der Waals surface area (Å²) in [5, 5.41) is 8.75. The normalized spacial score (nSPS) is 9.82. The summed E-state index contributed by atoms with van der Waals surface area (Å²) < 4.78 is 32.6. The fourth-order valence-electron chi connectivity index (χ4n) is 1.19. The number of nitrogens with two attached hydrogens (primary N) is 1. The second-order valence-corrected chi connectivity index (χ2v) is 2.92. The van der Waals surface area contributed by atoms with Crippen LogP contribution in [0.25, 0.3) is 0 Å². The first kappa shape index (κ1) is 12.7. The Morgan fingerprint density at radius 3 is 2.65 bits per heavy atom. The molecule has 0 aliphatic rings. The molecule has 1 aromatic carbocycles. The van der Waals surface area contributed by atoms with E-state index in [1.165, 1.54) is 0 Å². The molecular formula is C10H8F2N2O3. The smallest absolute Gasteiger partial charge is 0.387 e. The van der Waals surface area contributed by atoms with Gasteiger partial charge in [0.05, 0.1) is 23.9 Å². The number of methoxy groups -OCH3 is 1. The lowest BCUT2D eigenvalue weighted by Crippen LogP contribution is -2.09. The van der Waals surface area contributed by atoms with Crippen molar-refractivity contribution in [3.63, 3.8) is 0 Å². The molecule has 7 heteroatoms. The van der Waals surface area contributed by atoms with Gasteiger partial charge < -0.3 is 15.2 Å². The van der Waals surface area contributed by atoms with E-state index >= 15 is 0 Å². The highest BCUT2D eigenvalue weighted by Crippen LogP contribution is 2.29. The Morgan fingerprint density at radius 1 is 1.53 bits per heavy atom. The van der Waals surface area contributed by atoms with Gasteiger partial charge in [-0.25, -0.2) is 4.79 Å². The van der Waals surface area contributed by atoms with Gasteiger partial charge in [0.15, 0.2) is 5.75 Å². The second kappa shape index (κ2) is 5.12. The van der Waals surface area contributed by atoms with E-state index in [4.69, 9.17) is 11.0 Å². The van der Waals surface area contributed by atoms with E-state index in [0.717, 1.165) is 19.2 Å². The minimum Gasteiger partial charge on any atom is -0.465 e. The number of benzene rings is 1. The summed E-state index contributed by atoms with van der Waals surface area (Å²) in [6.45, 7) is -3.10. The molecule has 1 rings (SSSR count). The van der Waals surface area contributed by atoms with Crippen LogP contribution in [-0.2, 0) is 4.74 Å². The van der Waals surface area contributed by atoms with Crippen LogP contribution < -0.4 is 10.5 Å². The maximum absolute atomic E-state index is 12.1. The quantitative estimate of drug-likeness (QED) is 0.641. The molecule has 0 aliphatic carbocycles. The van der Waals surface area contributed by atoms with Gasteiger partial charge in [0.2, 0.25) is 0 Å². The average molecular weight is 242 g/mol. The van der Waals surface area contributed by atoms with Crippen LogP contribution in [0.2, 0.25) is 0 Å². The van der Waals surface area contributed by atoms with E-state index in [2.05, 4.69) is 9.47 Å². The molecule has 0 amide bonds. The van der Waals surface area contributed by atoms with Gasteiger partial charge in [0, 0.05) is 0 Å². The van der Waals surface area contributed by atoms with Crippen molar-refractivity contribution < 1.29 is 23.0 Å². The number of anilines is 1. The van der Waals surface area contributed by atoms with Crippen LogP contribution in [-0.4, -0.2) is 19.7 Å². The van der Waals surface area contributed by atoms with Crippen molar-refractivity contribution in [3.8, 4) is 11.8 Å². The van der Waals surface area contributed by atoms with E-state index in [-0.39, 0.29) is 16.8 Å². The highest BCUT2D eigenvalue weighted by atomic mass is 19.3.